The number of fused-ring (bicyclic) bond motifs is 1. The third kappa shape index (κ3) is 2.72. The van der Waals surface area contributed by atoms with Gasteiger partial charge < -0.3 is 15.2 Å². The molecule has 2 N–H and O–H groups in total. The molecule has 0 amide bonds. The lowest BCUT2D eigenvalue weighted by atomic mass is 9.93. The van der Waals surface area contributed by atoms with Gasteiger partial charge >= 0.3 is 0 Å². The van der Waals surface area contributed by atoms with E-state index in [0.717, 1.165) is 17.5 Å². The van der Waals surface area contributed by atoms with Gasteiger partial charge in [-0.3, -0.25) is 0 Å². The molecule has 110 valence electrons. The van der Waals surface area contributed by atoms with Crippen molar-refractivity contribution in [2.45, 2.75) is 19.3 Å². The molecule has 0 saturated carbocycles. The minimum atomic E-state index is -0.238. The molecule has 2 aromatic rings. The molecule has 1 aliphatic rings. The number of nitrogens with two attached hydrogens (primary N) is 1. The Morgan fingerprint density at radius 1 is 1.14 bits per heavy atom. The van der Waals surface area contributed by atoms with Gasteiger partial charge in [0.1, 0.15) is 5.82 Å². The number of benzene rings is 2. The van der Waals surface area contributed by atoms with E-state index in [0.29, 0.717) is 29.5 Å². The van der Waals surface area contributed by atoms with Crippen LogP contribution in [0, 0.1) is 5.82 Å². The van der Waals surface area contributed by atoms with Crippen LogP contribution >= 0.6 is 0 Å². The molecule has 0 radical (unpaired) electrons. The molecule has 1 unspecified atom stereocenters. The largest absolute Gasteiger partial charge is 0.454 e. The quantitative estimate of drug-likeness (QED) is 0.933. The second-order valence-corrected chi connectivity index (χ2v) is 5.29. The van der Waals surface area contributed by atoms with Crippen LogP contribution in [0.2, 0.25) is 0 Å². The SMILES string of the molecule is CC(CCN)c1ccc(F)c(-c2ccc3c(c2)OCO3)c1. The van der Waals surface area contributed by atoms with E-state index in [2.05, 4.69) is 6.92 Å². The lowest BCUT2D eigenvalue weighted by Gasteiger charge is -2.13. The van der Waals surface area contributed by atoms with Gasteiger partial charge in [-0.05, 0) is 54.3 Å². The van der Waals surface area contributed by atoms with Gasteiger partial charge in [-0.15, -0.1) is 0 Å². The normalized spacial score (nSPS) is 14.2. The molecule has 1 heterocycles. The van der Waals surface area contributed by atoms with Crippen LogP contribution < -0.4 is 15.2 Å². The number of ether oxygens (including phenoxy) is 2. The Labute approximate surface area is 123 Å². The number of halogens is 1. The zero-order valence-electron chi connectivity index (χ0n) is 11.9. The van der Waals surface area contributed by atoms with Crippen molar-refractivity contribution in [3.05, 3.63) is 47.8 Å². The van der Waals surface area contributed by atoms with Crippen molar-refractivity contribution in [2.75, 3.05) is 13.3 Å². The number of hydrogen-bond donors (Lipinski definition) is 1. The minimum absolute atomic E-state index is 0.217. The summed E-state index contributed by atoms with van der Waals surface area (Å²) in [6.45, 7) is 2.94. The Morgan fingerprint density at radius 2 is 1.95 bits per heavy atom. The molecule has 0 bridgehead atoms. The van der Waals surface area contributed by atoms with E-state index in [1.165, 1.54) is 6.07 Å². The minimum Gasteiger partial charge on any atom is -0.454 e. The summed E-state index contributed by atoms with van der Waals surface area (Å²) in [5.41, 5.74) is 8.06. The van der Waals surface area contributed by atoms with Crippen molar-refractivity contribution in [3.63, 3.8) is 0 Å². The summed E-state index contributed by atoms with van der Waals surface area (Å²) in [7, 11) is 0. The van der Waals surface area contributed by atoms with Crippen LogP contribution in [-0.4, -0.2) is 13.3 Å². The highest BCUT2D eigenvalue weighted by molar-refractivity contribution is 5.68. The Kier molecular flexibility index (Phi) is 3.80. The topological polar surface area (TPSA) is 44.5 Å². The maximum absolute atomic E-state index is 14.2. The van der Waals surface area contributed by atoms with E-state index in [1.54, 1.807) is 0 Å². The van der Waals surface area contributed by atoms with E-state index in [9.17, 15) is 4.39 Å². The summed E-state index contributed by atoms with van der Waals surface area (Å²) in [4.78, 5) is 0. The first-order valence-corrected chi connectivity index (χ1v) is 7.08. The average molecular weight is 287 g/mol. The Morgan fingerprint density at radius 3 is 2.76 bits per heavy atom. The highest BCUT2D eigenvalue weighted by atomic mass is 19.1. The van der Waals surface area contributed by atoms with E-state index in [4.69, 9.17) is 15.2 Å². The maximum Gasteiger partial charge on any atom is 0.231 e. The Bertz CT molecular complexity index is 657. The van der Waals surface area contributed by atoms with Crippen LogP contribution in [0.3, 0.4) is 0 Å². The van der Waals surface area contributed by atoms with Gasteiger partial charge in [0.05, 0.1) is 0 Å². The van der Waals surface area contributed by atoms with Gasteiger partial charge in [0.2, 0.25) is 6.79 Å². The third-order valence-electron chi connectivity index (χ3n) is 3.84. The van der Waals surface area contributed by atoms with Gasteiger partial charge in [-0.2, -0.15) is 0 Å². The maximum atomic E-state index is 14.2. The lowest BCUT2D eigenvalue weighted by molar-refractivity contribution is 0.174. The first-order valence-electron chi connectivity index (χ1n) is 7.08. The molecule has 1 atom stereocenters. The van der Waals surface area contributed by atoms with Crippen molar-refractivity contribution in [1.29, 1.82) is 0 Å². The molecule has 0 saturated heterocycles. The smallest absolute Gasteiger partial charge is 0.231 e. The fraction of sp³-hybridized carbons (Fsp3) is 0.294. The predicted molar refractivity (Wildman–Crippen MR) is 80.0 cm³/mol. The average Bonchev–Trinajstić information content (AvgIpc) is 2.95. The number of rotatable bonds is 4. The summed E-state index contributed by atoms with van der Waals surface area (Å²) < 4.78 is 24.8. The van der Waals surface area contributed by atoms with Gasteiger partial charge in [-0.25, -0.2) is 4.39 Å². The summed E-state index contributed by atoms with van der Waals surface area (Å²) in [6, 6.07) is 10.7. The molecule has 21 heavy (non-hydrogen) atoms. The summed E-state index contributed by atoms with van der Waals surface area (Å²) in [5, 5.41) is 0. The molecule has 3 nitrogen and oxygen atoms in total. The molecule has 0 spiro atoms. The second-order valence-electron chi connectivity index (χ2n) is 5.29. The Hall–Kier alpha value is -2.07. The van der Waals surface area contributed by atoms with Gasteiger partial charge in [0, 0.05) is 5.56 Å². The monoisotopic (exact) mass is 287 g/mol. The Balaban J connectivity index is 1.99. The van der Waals surface area contributed by atoms with Crippen LogP contribution in [-0.2, 0) is 0 Å². The zero-order valence-corrected chi connectivity index (χ0v) is 11.9. The molecular weight excluding hydrogens is 269 g/mol. The van der Waals surface area contributed by atoms with Gasteiger partial charge in [0.25, 0.3) is 0 Å². The van der Waals surface area contributed by atoms with Crippen LogP contribution in [0.5, 0.6) is 11.5 Å². The van der Waals surface area contributed by atoms with Crippen molar-refractivity contribution < 1.29 is 13.9 Å². The second kappa shape index (κ2) is 5.74. The van der Waals surface area contributed by atoms with E-state index >= 15 is 0 Å². The van der Waals surface area contributed by atoms with Crippen LogP contribution in [0.1, 0.15) is 24.8 Å². The fourth-order valence-electron chi connectivity index (χ4n) is 2.55. The van der Waals surface area contributed by atoms with Crippen molar-refractivity contribution in [3.8, 4) is 22.6 Å². The third-order valence-corrected chi connectivity index (χ3v) is 3.84. The summed E-state index contributed by atoms with van der Waals surface area (Å²) in [5.74, 6) is 1.43. The van der Waals surface area contributed by atoms with Crippen molar-refractivity contribution in [1.82, 2.24) is 0 Å². The van der Waals surface area contributed by atoms with Crippen LogP contribution in [0.25, 0.3) is 11.1 Å². The summed E-state index contributed by atoms with van der Waals surface area (Å²) in [6.07, 6.45) is 0.881. The van der Waals surface area contributed by atoms with Crippen LogP contribution in [0.15, 0.2) is 36.4 Å². The first kappa shape index (κ1) is 13.9. The number of hydrogen-bond acceptors (Lipinski definition) is 3. The van der Waals surface area contributed by atoms with E-state index in [1.807, 2.05) is 30.3 Å². The van der Waals surface area contributed by atoms with E-state index in [-0.39, 0.29) is 12.6 Å². The predicted octanol–water partition coefficient (Wildman–Crippen LogP) is 3.67. The highest BCUT2D eigenvalue weighted by Gasteiger charge is 2.16. The molecular formula is C17H18FNO2. The molecule has 2 aromatic carbocycles. The molecule has 0 aliphatic carbocycles. The van der Waals surface area contributed by atoms with Crippen LogP contribution in [0.4, 0.5) is 4.39 Å². The standard InChI is InChI=1S/C17H18FNO2/c1-11(6-7-19)12-2-4-15(18)14(8-12)13-3-5-16-17(9-13)21-10-20-16/h2-5,8-9,11H,6-7,10,19H2,1H3. The van der Waals surface area contributed by atoms with Crippen molar-refractivity contribution >= 4 is 0 Å². The first-order chi connectivity index (χ1) is 10.2. The zero-order chi connectivity index (χ0) is 14.8. The van der Waals surface area contributed by atoms with Gasteiger partial charge in [0.15, 0.2) is 11.5 Å². The molecule has 3 rings (SSSR count). The van der Waals surface area contributed by atoms with E-state index < -0.39 is 0 Å². The van der Waals surface area contributed by atoms with Crippen molar-refractivity contribution in [2.24, 2.45) is 5.73 Å². The molecule has 1 aliphatic heterocycles. The lowest BCUT2D eigenvalue weighted by Crippen LogP contribution is -2.04. The molecule has 0 aromatic heterocycles. The fourth-order valence-corrected chi connectivity index (χ4v) is 2.55. The highest BCUT2D eigenvalue weighted by Crippen LogP contribution is 2.37. The summed E-state index contributed by atoms with van der Waals surface area (Å²) >= 11 is 0. The van der Waals surface area contributed by atoms with Gasteiger partial charge in [-0.1, -0.05) is 19.1 Å². The molecule has 0 fully saturated rings. The molecule has 4 heteroatoms.